The van der Waals surface area contributed by atoms with E-state index in [1.165, 1.54) is 18.1 Å². The van der Waals surface area contributed by atoms with Crippen molar-refractivity contribution in [3.63, 3.8) is 0 Å². The summed E-state index contributed by atoms with van der Waals surface area (Å²) in [5, 5.41) is 1.59. The SMILES string of the molecule is COC(=O)C(CCCBr)N1CCN(C(=O)/C=C/c2ccc(Cl)c(Cl)c2)CCC1=O. The highest BCUT2D eigenvalue weighted by Crippen LogP contribution is 2.23. The van der Waals surface area contributed by atoms with Gasteiger partial charge in [-0.1, -0.05) is 45.2 Å². The van der Waals surface area contributed by atoms with Crippen LogP contribution in [0.25, 0.3) is 6.08 Å². The fraction of sp³-hybridized carbons (Fsp3) is 0.450. The van der Waals surface area contributed by atoms with Gasteiger partial charge in [0.15, 0.2) is 0 Å². The smallest absolute Gasteiger partial charge is 0.328 e. The highest BCUT2D eigenvalue weighted by Gasteiger charge is 2.32. The van der Waals surface area contributed by atoms with Gasteiger partial charge in [0.25, 0.3) is 0 Å². The normalized spacial score (nSPS) is 16.1. The van der Waals surface area contributed by atoms with Gasteiger partial charge in [-0.25, -0.2) is 4.79 Å². The second kappa shape index (κ2) is 11.6. The third-order valence-corrected chi connectivity index (χ3v) is 5.96. The summed E-state index contributed by atoms with van der Waals surface area (Å²) in [6.45, 7) is 0.928. The molecular weight excluding hydrogens is 483 g/mol. The number of nitrogens with zero attached hydrogens (tertiary/aromatic N) is 2. The van der Waals surface area contributed by atoms with Crippen molar-refractivity contribution in [2.24, 2.45) is 0 Å². The number of alkyl halides is 1. The summed E-state index contributed by atoms with van der Waals surface area (Å²) in [4.78, 5) is 40.4. The number of carbonyl (C=O) groups excluding carboxylic acids is 3. The Morgan fingerprint density at radius 1 is 1.24 bits per heavy atom. The van der Waals surface area contributed by atoms with E-state index in [2.05, 4.69) is 15.9 Å². The fourth-order valence-electron chi connectivity index (χ4n) is 3.09. The lowest BCUT2D eigenvalue weighted by Gasteiger charge is -2.28. The minimum Gasteiger partial charge on any atom is -0.467 e. The predicted octanol–water partition coefficient (Wildman–Crippen LogP) is 3.78. The highest BCUT2D eigenvalue weighted by atomic mass is 79.9. The van der Waals surface area contributed by atoms with Crippen LogP contribution in [0.3, 0.4) is 0 Å². The Balaban J connectivity index is 2.05. The van der Waals surface area contributed by atoms with Crippen molar-refractivity contribution >= 4 is 63.0 Å². The summed E-state index contributed by atoms with van der Waals surface area (Å²) in [5.74, 6) is -0.793. The Morgan fingerprint density at radius 2 is 2.00 bits per heavy atom. The van der Waals surface area contributed by atoms with Gasteiger partial charge in [-0.05, 0) is 36.6 Å². The molecule has 0 bridgehead atoms. The lowest BCUT2D eigenvalue weighted by molar-refractivity contribution is -0.152. The van der Waals surface area contributed by atoms with Crippen molar-refractivity contribution in [2.45, 2.75) is 25.3 Å². The summed E-state index contributed by atoms with van der Waals surface area (Å²) in [5.41, 5.74) is 0.751. The van der Waals surface area contributed by atoms with Gasteiger partial charge in [0.2, 0.25) is 11.8 Å². The molecule has 2 rings (SSSR count). The molecule has 1 aliphatic rings. The number of rotatable bonds is 7. The van der Waals surface area contributed by atoms with E-state index in [0.717, 1.165) is 17.3 Å². The monoisotopic (exact) mass is 504 g/mol. The predicted molar refractivity (Wildman–Crippen MR) is 117 cm³/mol. The fourth-order valence-corrected chi connectivity index (χ4v) is 3.72. The van der Waals surface area contributed by atoms with E-state index in [1.54, 1.807) is 29.2 Å². The van der Waals surface area contributed by atoms with Crippen LogP contribution in [0.5, 0.6) is 0 Å². The van der Waals surface area contributed by atoms with Gasteiger partial charge in [-0.3, -0.25) is 9.59 Å². The molecule has 1 fully saturated rings. The first kappa shape index (κ1) is 23.7. The van der Waals surface area contributed by atoms with E-state index in [0.29, 0.717) is 29.6 Å². The molecule has 1 atom stereocenters. The second-order valence-electron chi connectivity index (χ2n) is 6.54. The number of methoxy groups -OCH3 is 1. The molecule has 2 amide bonds. The molecule has 158 valence electrons. The maximum atomic E-state index is 12.6. The van der Waals surface area contributed by atoms with Crippen molar-refractivity contribution in [3.05, 3.63) is 39.9 Å². The van der Waals surface area contributed by atoms with Crippen molar-refractivity contribution in [2.75, 3.05) is 32.1 Å². The number of ether oxygens (including phenoxy) is 1. The largest absolute Gasteiger partial charge is 0.467 e. The van der Waals surface area contributed by atoms with E-state index >= 15 is 0 Å². The molecule has 0 radical (unpaired) electrons. The maximum Gasteiger partial charge on any atom is 0.328 e. The maximum absolute atomic E-state index is 12.6. The summed E-state index contributed by atoms with van der Waals surface area (Å²) in [6.07, 6.45) is 4.51. The lowest BCUT2D eigenvalue weighted by Crippen LogP contribution is -2.46. The van der Waals surface area contributed by atoms with E-state index in [-0.39, 0.29) is 24.8 Å². The van der Waals surface area contributed by atoms with Crippen LogP contribution in [-0.4, -0.2) is 65.7 Å². The van der Waals surface area contributed by atoms with Crippen molar-refractivity contribution in [3.8, 4) is 0 Å². The van der Waals surface area contributed by atoms with Gasteiger partial charge >= 0.3 is 5.97 Å². The third-order valence-electron chi connectivity index (χ3n) is 4.66. The molecule has 1 saturated heterocycles. The van der Waals surface area contributed by atoms with Crippen LogP contribution >= 0.6 is 39.1 Å². The van der Waals surface area contributed by atoms with Gasteiger partial charge in [-0.15, -0.1) is 0 Å². The standard InChI is InChI=1S/C20H23BrCl2N2O4/c1-29-20(28)17(3-2-9-21)25-12-11-24(10-8-19(25)27)18(26)7-5-14-4-6-15(22)16(23)13-14/h4-7,13,17H,2-3,8-12H2,1H3/b7-5+. The molecule has 1 aromatic rings. The number of hydrogen-bond acceptors (Lipinski definition) is 4. The van der Waals surface area contributed by atoms with Crippen molar-refractivity contribution in [1.82, 2.24) is 9.80 Å². The Morgan fingerprint density at radius 3 is 2.66 bits per heavy atom. The molecule has 0 N–H and O–H groups in total. The first-order chi connectivity index (χ1) is 13.9. The molecule has 0 saturated carbocycles. The Bertz CT molecular complexity index is 788. The zero-order valence-corrected chi connectivity index (χ0v) is 19.2. The van der Waals surface area contributed by atoms with Gasteiger partial charge in [-0.2, -0.15) is 0 Å². The van der Waals surface area contributed by atoms with Crippen LogP contribution in [0.15, 0.2) is 24.3 Å². The molecule has 1 aliphatic heterocycles. The molecule has 0 spiro atoms. The average Bonchev–Trinajstić information content (AvgIpc) is 2.90. The minimum atomic E-state index is -0.633. The van der Waals surface area contributed by atoms with E-state index in [1.807, 2.05) is 0 Å². The second-order valence-corrected chi connectivity index (χ2v) is 8.15. The van der Waals surface area contributed by atoms with Crippen molar-refractivity contribution in [1.29, 1.82) is 0 Å². The number of halogens is 3. The van der Waals surface area contributed by atoms with Crippen LogP contribution in [0.1, 0.15) is 24.8 Å². The third kappa shape index (κ3) is 6.73. The summed E-state index contributed by atoms with van der Waals surface area (Å²) >= 11 is 15.2. The molecule has 1 heterocycles. The molecule has 1 aromatic carbocycles. The van der Waals surface area contributed by atoms with Gasteiger partial charge in [0.05, 0.1) is 17.2 Å². The number of carbonyl (C=O) groups is 3. The Kier molecular flexibility index (Phi) is 9.46. The summed E-state index contributed by atoms with van der Waals surface area (Å²) in [6, 6.07) is 4.46. The quantitative estimate of drug-likeness (QED) is 0.321. The minimum absolute atomic E-state index is 0.154. The number of amides is 2. The van der Waals surface area contributed by atoms with Crippen LogP contribution in [0, 0.1) is 0 Å². The van der Waals surface area contributed by atoms with Crippen LogP contribution in [0.4, 0.5) is 0 Å². The first-order valence-electron chi connectivity index (χ1n) is 9.22. The number of benzene rings is 1. The lowest BCUT2D eigenvalue weighted by atomic mass is 10.1. The van der Waals surface area contributed by atoms with Crippen LogP contribution in [-0.2, 0) is 19.1 Å². The number of hydrogen-bond donors (Lipinski definition) is 0. The first-order valence-corrected chi connectivity index (χ1v) is 11.1. The topological polar surface area (TPSA) is 66.9 Å². The molecule has 0 aromatic heterocycles. The number of esters is 1. The zero-order valence-electron chi connectivity index (χ0n) is 16.1. The van der Waals surface area contributed by atoms with Gasteiger partial charge in [0, 0.05) is 37.5 Å². The Hall–Kier alpha value is -1.57. The average molecular weight is 506 g/mol. The Labute approximate surface area is 188 Å². The summed E-state index contributed by atoms with van der Waals surface area (Å²) in [7, 11) is 1.31. The van der Waals surface area contributed by atoms with Crippen molar-refractivity contribution < 1.29 is 19.1 Å². The zero-order chi connectivity index (χ0) is 21.4. The molecule has 6 nitrogen and oxygen atoms in total. The van der Waals surface area contributed by atoms with Gasteiger partial charge in [0.1, 0.15) is 6.04 Å². The molecule has 9 heteroatoms. The van der Waals surface area contributed by atoms with Gasteiger partial charge < -0.3 is 14.5 Å². The summed E-state index contributed by atoms with van der Waals surface area (Å²) < 4.78 is 4.87. The highest BCUT2D eigenvalue weighted by molar-refractivity contribution is 9.09. The van der Waals surface area contributed by atoms with E-state index < -0.39 is 12.0 Å². The molecule has 1 unspecified atom stereocenters. The van der Waals surface area contributed by atoms with Crippen LogP contribution in [0.2, 0.25) is 10.0 Å². The van der Waals surface area contributed by atoms with E-state index in [4.69, 9.17) is 27.9 Å². The molecule has 29 heavy (non-hydrogen) atoms. The molecular formula is C20H23BrCl2N2O4. The molecule has 0 aliphatic carbocycles. The van der Waals surface area contributed by atoms with E-state index in [9.17, 15) is 14.4 Å². The van der Waals surface area contributed by atoms with Crippen LogP contribution < -0.4 is 0 Å².